The van der Waals surface area contributed by atoms with Gasteiger partial charge in [-0.3, -0.25) is 4.79 Å². The molecule has 26 heavy (non-hydrogen) atoms. The molecule has 0 radical (unpaired) electrons. The number of hydrogen-bond acceptors (Lipinski definition) is 7. The van der Waals surface area contributed by atoms with Crippen LogP contribution in [0.2, 0.25) is 0 Å². The molecule has 1 atom stereocenters. The molecule has 1 saturated carbocycles. The third-order valence-electron chi connectivity index (χ3n) is 3.90. The quantitative estimate of drug-likeness (QED) is 0.587. The van der Waals surface area contributed by atoms with Crippen molar-refractivity contribution in [2.45, 2.75) is 51.7 Å². The standard InChI is InChI=1S/C19H27NO6/c1-19(2,3)25-18(23)26-20(12-14-5-6-14)16(17(22)24-4)11-13-7-9-15(21)10-8-13/h7-10,14,16,21H,5-6,11-12H2,1-4H3/t16-/m0/s1. The molecule has 2 rings (SSSR count). The number of esters is 1. The lowest BCUT2D eigenvalue weighted by molar-refractivity contribution is -0.187. The number of phenols is 1. The van der Waals surface area contributed by atoms with Crippen molar-refractivity contribution < 1.29 is 29.0 Å². The number of aromatic hydroxyl groups is 1. The molecule has 1 N–H and O–H groups in total. The fourth-order valence-corrected chi connectivity index (χ4v) is 2.44. The van der Waals surface area contributed by atoms with Crippen LogP contribution in [-0.2, 0) is 25.5 Å². The molecule has 0 aromatic heterocycles. The summed E-state index contributed by atoms with van der Waals surface area (Å²) in [4.78, 5) is 29.8. The molecule has 1 aliphatic rings. The molecule has 0 aliphatic heterocycles. The van der Waals surface area contributed by atoms with Crippen molar-refractivity contribution in [1.82, 2.24) is 5.06 Å². The van der Waals surface area contributed by atoms with Gasteiger partial charge in [0.2, 0.25) is 0 Å². The molecule has 0 amide bonds. The third kappa shape index (κ3) is 6.55. The second-order valence-corrected chi connectivity index (χ2v) is 7.51. The summed E-state index contributed by atoms with van der Waals surface area (Å²) in [5.74, 6) is 0.0231. The van der Waals surface area contributed by atoms with Crippen LogP contribution in [0, 0.1) is 5.92 Å². The zero-order valence-electron chi connectivity index (χ0n) is 15.7. The van der Waals surface area contributed by atoms with Crippen molar-refractivity contribution in [1.29, 1.82) is 0 Å². The number of ether oxygens (including phenoxy) is 2. The van der Waals surface area contributed by atoms with Gasteiger partial charge in [0.15, 0.2) is 0 Å². The van der Waals surface area contributed by atoms with Crippen LogP contribution in [0.3, 0.4) is 0 Å². The van der Waals surface area contributed by atoms with E-state index in [1.54, 1.807) is 45.0 Å². The molecular weight excluding hydrogens is 338 g/mol. The van der Waals surface area contributed by atoms with E-state index in [1.165, 1.54) is 12.2 Å². The molecule has 144 valence electrons. The van der Waals surface area contributed by atoms with E-state index < -0.39 is 23.8 Å². The highest BCUT2D eigenvalue weighted by Crippen LogP contribution is 2.31. The number of nitrogens with zero attached hydrogens (tertiary/aromatic N) is 1. The van der Waals surface area contributed by atoms with Crippen LogP contribution >= 0.6 is 0 Å². The van der Waals surface area contributed by atoms with Crippen LogP contribution in [-0.4, -0.2) is 47.6 Å². The van der Waals surface area contributed by atoms with Gasteiger partial charge in [0.05, 0.1) is 7.11 Å². The molecule has 1 fully saturated rings. The Bertz CT molecular complexity index is 618. The summed E-state index contributed by atoms with van der Waals surface area (Å²) in [6, 6.07) is 5.73. The zero-order chi connectivity index (χ0) is 19.3. The molecule has 0 spiro atoms. The molecule has 1 aromatic rings. The van der Waals surface area contributed by atoms with E-state index in [0.717, 1.165) is 18.4 Å². The molecule has 0 saturated heterocycles. The Kier molecular flexibility index (Phi) is 6.47. The highest BCUT2D eigenvalue weighted by atomic mass is 16.8. The second kappa shape index (κ2) is 8.40. The summed E-state index contributed by atoms with van der Waals surface area (Å²) in [5.41, 5.74) is 0.117. The van der Waals surface area contributed by atoms with Crippen molar-refractivity contribution in [3.05, 3.63) is 29.8 Å². The minimum absolute atomic E-state index is 0.142. The smallest absolute Gasteiger partial charge is 0.508 e. The van der Waals surface area contributed by atoms with Crippen molar-refractivity contribution in [2.24, 2.45) is 5.92 Å². The normalized spacial score (nSPS) is 15.4. The van der Waals surface area contributed by atoms with Gasteiger partial charge in [0.1, 0.15) is 17.4 Å². The molecular formula is C19H27NO6. The first-order valence-corrected chi connectivity index (χ1v) is 8.71. The largest absolute Gasteiger partial charge is 0.528 e. The molecule has 7 heteroatoms. The number of hydroxylamine groups is 2. The number of methoxy groups -OCH3 is 1. The minimum atomic E-state index is -0.849. The van der Waals surface area contributed by atoms with Gasteiger partial charge in [-0.1, -0.05) is 12.1 Å². The van der Waals surface area contributed by atoms with Crippen LogP contribution in [0.1, 0.15) is 39.2 Å². The summed E-state index contributed by atoms with van der Waals surface area (Å²) in [6.07, 6.45) is 1.49. The molecule has 0 heterocycles. The predicted molar refractivity (Wildman–Crippen MR) is 94.4 cm³/mol. The average molecular weight is 365 g/mol. The highest BCUT2D eigenvalue weighted by molar-refractivity contribution is 5.76. The van der Waals surface area contributed by atoms with Crippen molar-refractivity contribution in [3.63, 3.8) is 0 Å². The first-order chi connectivity index (χ1) is 12.2. The third-order valence-corrected chi connectivity index (χ3v) is 3.90. The Labute approximate surface area is 153 Å². The first kappa shape index (κ1) is 20.0. The Morgan fingerprint density at radius 3 is 2.35 bits per heavy atom. The van der Waals surface area contributed by atoms with E-state index in [2.05, 4.69) is 0 Å². The van der Waals surface area contributed by atoms with Crippen molar-refractivity contribution in [2.75, 3.05) is 13.7 Å². The van der Waals surface area contributed by atoms with Crippen molar-refractivity contribution >= 4 is 12.1 Å². The maximum absolute atomic E-state index is 12.3. The van der Waals surface area contributed by atoms with E-state index in [-0.39, 0.29) is 12.2 Å². The predicted octanol–water partition coefficient (Wildman–Crippen LogP) is 3.06. The van der Waals surface area contributed by atoms with Gasteiger partial charge in [-0.05, 0) is 57.2 Å². The van der Waals surface area contributed by atoms with E-state index in [4.69, 9.17) is 14.3 Å². The SMILES string of the molecule is COC(=O)[C@H](Cc1ccc(O)cc1)N(CC1CC1)OC(=O)OC(C)(C)C. The van der Waals surface area contributed by atoms with E-state index in [9.17, 15) is 14.7 Å². The van der Waals surface area contributed by atoms with Gasteiger partial charge in [-0.2, -0.15) is 0 Å². The second-order valence-electron chi connectivity index (χ2n) is 7.51. The number of carbonyl (C=O) groups excluding carboxylic acids is 2. The lowest BCUT2D eigenvalue weighted by atomic mass is 10.1. The van der Waals surface area contributed by atoms with E-state index >= 15 is 0 Å². The molecule has 7 nitrogen and oxygen atoms in total. The molecule has 1 aliphatic carbocycles. The van der Waals surface area contributed by atoms with Gasteiger partial charge in [0.25, 0.3) is 0 Å². The number of carbonyl (C=O) groups is 2. The fraction of sp³-hybridized carbons (Fsp3) is 0.579. The lowest BCUT2D eigenvalue weighted by Gasteiger charge is -2.29. The summed E-state index contributed by atoms with van der Waals surface area (Å²) < 4.78 is 10.1. The van der Waals surface area contributed by atoms with Gasteiger partial charge >= 0.3 is 12.1 Å². The van der Waals surface area contributed by atoms with Gasteiger partial charge < -0.3 is 19.4 Å². The number of benzene rings is 1. The lowest BCUT2D eigenvalue weighted by Crippen LogP contribution is -2.46. The zero-order valence-corrected chi connectivity index (χ0v) is 15.7. The summed E-state index contributed by atoms with van der Waals surface area (Å²) in [5, 5.41) is 10.8. The fourth-order valence-electron chi connectivity index (χ4n) is 2.44. The maximum Gasteiger partial charge on any atom is 0.528 e. The summed E-state index contributed by atoms with van der Waals surface area (Å²) in [6.45, 7) is 5.67. The Hall–Kier alpha value is -2.28. The van der Waals surface area contributed by atoms with Crippen molar-refractivity contribution in [3.8, 4) is 5.75 Å². The Morgan fingerprint density at radius 2 is 1.85 bits per heavy atom. The number of hydrogen-bond donors (Lipinski definition) is 1. The van der Waals surface area contributed by atoms with Crippen LogP contribution in [0.15, 0.2) is 24.3 Å². The molecule has 0 bridgehead atoms. The Morgan fingerprint density at radius 1 is 1.23 bits per heavy atom. The highest BCUT2D eigenvalue weighted by Gasteiger charge is 2.36. The van der Waals surface area contributed by atoms with Crippen LogP contribution in [0.25, 0.3) is 0 Å². The van der Waals surface area contributed by atoms with Gasteiger partial charge in [-0.15, -0.1) is 5.06 Å². The first-order valence-electron chi connectivity index (χ1n) is 8.71. The average Bonchev–Trinajstić information content (AvgIpc) is 3.35. The number of phenolic OH excluding ortho intramolecular Hbond substituents is 1. The van der Waals surface area contributed by atoms with E-state index in [1.807, 2.05) is 0 Å². The number of rotatable bonds is 7. The van der Waals surface area contributed by atoms with Gasteiger partial charge in [-0.25, -0.2) is 4.79 Å². The summed E-state index contributed by atoms with van der Waals surface area (Å²) >= 11 is 0. The Balaban J connectivity index is 2.15. The summed E-state index contributed by atoms with van der Waals surface area (Å²) in [7, 11) is 1.30. The monoisotopic (exact) mass is 365 g/mol. The topological polar surface area (TPSA) is 85.3 Å². The van der Waals surface area contributed by atoms with Crippen LogP contribution in [0.4, 0.5) is 4.79 Å². The van der Waals surface area contributed by atoms with Gasteiger partial charge in [0, 0.05) is 13.0 Å². The maximum atomic E-state index is 12.3. The molecule has 1 aromatic carbocycles. The van der Waals surface area contributed by atoms with E-state index in [0.29, 0.717) is 12.5 Å². The van der Waals surface area contributed by atoms with Crippen LogP contribution < -0.4 is 0 Å². The molecule has 0 unspecified atom stereocenters. The minimum Gasteiger partial charge on any atom is -0.508 e. The van der Waals surface area contributed by atoms with Crippen LogP contribution in [0.5, 0.6) is 5.75 Å².